The monoisotopic (exact) mass is 534 g/mol. The SMILES string of the molecule is CCCNC(=O)[C@@H](Cc1ccccc1)N(Cc1ccc(Cl)cc1Cl)C(=O)Cc1c(F)cccc1Cl. The van der Waals surface area contributed by atoms with Gasteiger partial charge in [-0.25, -0.2) is 4.39 Å². The van der Waals surface area contributed by atoms with Crippen LogP contribution in [0.1, 0.15) is 30.0 Å². The Morgan fingerprint density at radius 1 is 0.971 bits per heavy atom. The molecule has 35 heavy (non-hydrogen) atoms. The van der Waals surface area contributed by atoms with Gasteiger partial charge in [0.15, 0.2) is 0 Å². The zero-order valence-corrected chi connectivity index (χ0v) is 21.5. The van der Waals surface area contributed by atoms with Crippen molar-refractivity contribution >= 4 is 46.6 Å². The number of nitrogens with one attached hydrogen (secondary N) is 1. The second kappa shape index (κ2) is 12.9. The number of rotatable bonds is 10. The zero-order valence-electron chi connectivity index (χ0n) is 19.2. The maximum Gasteiger partial charge on any atom is 0.243 e. The Morgan fingerprint density at radius 3 is 2.37 bits per heavy atom. The molecule has 1 atom stereocenters. The molecule has 4 nitrogen and oxygen atoms in total. The van der Waals surface area contributed by atoms with Crippen molar-refractivity contribution in [3.63, 3.8) is 0 Å². The van der Waals surface area contributed by atoms with Crippen LogP contribution in [0.15, 0.2) is 66.7 Å². The van der Waals surface area contributed by atoms with E-state index in [-0.39, 0.29) is 35.9 Å². The minimum absolute atomic E-state index is 0.0396. The van der Waals surface area contributed by atoms with E-state index in [0.717, 1.165) is 12.0 Å². The van der Waals surface area contributed by atoms with Crippen molar-refractivity contribution in [2.75, 3.05) is 6.54 Å². The van der Waals surface area contributed by atoms with Gasteiger partial charge in [-0.2, -0.15) is 0 Å². The van der Waals surface area contributed by atoms with Crippen molar-refractivity contribution < 1.29 is 14.0 Å². The number of benzene rings is 3. The van der Waals surface area contributed by atoms with E-state index in [0.29, 0.717) is 22.2 Å². The molecule has 0 heterocycles. The molecule has 0 aliphatic rings. The molecule has 0 radical (unpaired) electrons. The standard InChI is InChI=1S/C27H26Cl3FN2O2/c1-2-13-32-27(35)25(14-18-7-4-3-5-8-18)33(17-19-11-12-20(28)15-23(19)30)26(34)16-21-22(29)9-6-10-24(21)31/h3-12,15,25H,2,13-14,16-17H2,1H3,(H,32,35)/t25-/m1/s1. The highest BCUT2D eigenvalue weighted by Gasteiger charge is 2.31. The van der Waals surface area contributed by atoms with E-state index in [9.17, 15) is 14.0 Å². The normalized spacial score (nSPS) is 11.7. The van der Waals surface area contributed by atoms with Gasteiger partial charge in [-0.05, 0) is 41.8 Å². The Bertz CT molecular complexity index is 1150. The topological polar surface area (TPSA) is 49.4 Å². The summed E-state index contributed by atoms with van der Waals surface area (Å²) in [6.07, 6.45) is 0.715. The quantitative estimate of drug-likeness (QED) is 0.322. The van der Waals surface area contributed by atoms with Crippen molar-refractivity contribution in [1.29, 1.82) is 0 Å². The summed E-state index contributed by atoms with van der Waals surface area (Å²) in [6.45, 7) is 2.45. The molecular formula is C27H26Cl3FN2O2. The molecule has 3 aromatic carbocycles. The molecule has 3 aromatic rings. The van der Waals surface area contributed by atoms with Crippen LogP contribution in [0.25, 0.3) is 0 Å². The summed E-state index contributed by atoms with van der Waals surface area (Å²) >= 11 is 18.7. The molecule has 0 aliphatic heterocycles. The van der Waals surface area contributed by atoms with Crippen LogP contribution in [0.2, 0.25) is 15.1 Å². The second-order valence-electron chi connectivity index (χ2n) is 8.13. The fourth-order valence-electron chi connectivity index (χ4n) is 3.71. The number of hydrogen-bond acceptors (Lipinski definition) is 2. The second-order valence-corrected chi connectivity index (χ2v) is 9.38. The lowest BCUT2D eigenvalue weighted by molar-refractivity contribution is -0.140. The Labute approximate surface area is 220 Å². The minimum atomic E-state index is -0.853. The van der Waals surface area contributed by atoms with Gasteiger partial charge < -0.3 is 10.2 Å². The van der Waals surface area contributed by atoms with Crippen LogP contribution in [0, 0.1) is 5.82 Å². The van der Waals surface area contributed by atoms with Crippen molar-refractivity contribution in [3.05, 3.63) is 104 Å². The molecule has 0 saturated carbocycles. The van der Waals surface area contributed by atoms with Gasteiger partial charge >= 0.3 is 0 Å². The molecular weight excluding hydrogens is 510 g/mol. The van der Waals surface area contributed by atoms with Crippen LogP contribution in [-0.4, -0.2) is 29.3 Å². The van der Waals surface area contributed by atoms with Crippen LogP contribution in [0.5, 0.6) is 0 Å². The molecule has 3 rings (SSSR count). The Morgan fingerprint density at radius 2 is 1.71 bits per heavy atom. The van der Waals surface area contributed by atoms with Gasteiger partial charge in [0.2, 0.25) is 11.8 Å². The highest BCUT2D eigenvalue weighted by molar-refractivity contribution is 6.35. The molecule has 0 aliphatic carbocycles. The van der Waals surface area contributed by atoms with Gasteiger partial charge in [-0.15, -0.1) is 0 Å². The Balaban J connectivity index is 2.02. The average molecular weight is 536 g/mol. The molecule has 0 bridgehead atoms. The highest BCUT2D eigenvalue weighted by atomic mass is 35.5. The third-order valence-electron chi connectivity index (χ3n) is 5.57. The highest BCUT2D eigenvalue weighted by Crippen LogP contribution is 2.26. The molecule has 0 unspecified atom stereocenters. The summed E-state index contributed by atoms with van der Waals surface area (Å²) in [5, 5.41) is 3.87. The molecule has 1 N–H and O–H groups in total. The Hall–Kier alpha value is -2.60. The minimum Gasteiger partial charge on any atom is -0.354 e. The first-order valence-corrected chi connectivity index (χ1v) is 12.4. The maximum atomic E-state index is 14.5. The number of halogens is 4. The molecule has 0 aromatic heterocycles. The fourth-order valence-corrected chi connectivity index (χ4v) is 4.41. The smallest absolute Gasteiger partial charge is 0.243 e. The Kier molecular flexibility index (Phi) is 9.96. The van der Waals surface area contributed by atoms with Crippen molar-refractivity contribution in [2.24, 2.45) is 0 Å². The van der Waals surface area contributed by atoms with E-state index in [1.54, 1.807) is 18.2 Å². The van der Waals surface area contributed by atoms with Gasteiger partial charge in [0.25, 0.3) is 0 Å². The van der Waals surface area contributed by atoms with Crippen LogP contribution >= 0.6 is 34.8 Å². The van der Waals surface area contributed by atoms with Crippen molar-refractivity contribution in [3.8, 4) is 0 Å². The number of amides is 2. The summed E-state index contributed by atoms with van der Waals surface area (Å²) < 4.78 is 14.5. The van der Waals surface area contributed by atoms with Gasteiger partial charge in [-0.1, -0.05) is 84.2 Å². The number of hydrogen-bond donors (Lipinski definition) is 1. The number of carbonyl (C=O) groups is 2. The third-order valence-corrected chi connectivity index (χ3v) is 6.51. The van der Waals surface area contributed by atoms with Crippen molar-refractivity contribution in [1.82, 2.24) is 10.2 Å². The molecule has 184 valence electrons. The van der Waals surface area contributed by atoms with Gasteiger partial charge in [-0.3, -0.25) is 9.59 Å². The lowest BCUT2D eigenvalue weighted by atomic mass is 10.0. The maximum absolute atomic E-state index is 14.5. The van der Waals surface area contributed by atoms with E-state index < -0.39 is 17.8 Å². The average Bonchev–Trinajstić information content (AvgIpc) is 2.84. The van der Waals surface area contributed by atoms with Crippen LogP contribution < -0.4 is 5.32 Å². The predicted octanol–water partition coefficient (Wildman–Crippen LogP) is 6.49. The molecule has 0 fully saturated rings. The van der Waals surface area contributed by atoms with Crippen LogP contribution in [0.3, 0.4) is 0 Å². The first-order valence-electron chi connectivity index (χ1n) is 11.3. The van der Waals surface area contributed by atoms with E-state index in [1.807, 2.05) is 37.3 Å². The summed E-state index contributed by atoms with van der Waals surface area (Å²) in [7, 11) is 0. The number of nitrogens with zero attached hydrogens (tertiary/aromatic N) is 1. The van der Waals surface area contributed by atoms with Crippen LogP contribution in [-0.2, 0) is 29.0 Å². The first-order chi connectivity index (χ1) is 16.8. The predicted molar refractivity (Wildman–Crippen MR) is 139 cm³/mol. The van der Waals surface area contributed by atoms with E-state index >= 15 is 0 Å². The summed E-state index contributed by atoms with van der Waals surface area (Å²) in [5.74, 6) is -1.32. The zero-order chi connectivity index (χ0) is 25.4. The summed E-state index contributed by atoms with van der Waals surface area (Å²) in [6, 6.07) is 17.8. The van der Waals surface area contributed by atoms with Crippen molar-refractivity contribution in [2.45, 2.75) is 38.8 Å². The molecule has 2 amide bonds. The first kappa shape index (κ1) is 27.0. The van der Waals surface area contributed by atoms with Gasteiger partial charge in [0, 0.05) is 40.1 Å². The fraction of sp³-hybridized carbons (Fsp3) is 0.259. The number of carbonyl (C=O) groups excluding carboxylic acids is 2. The van der Waals surface area contributed by atoms with Gasteiger partial charge in [0.05, 0.1) is 6.42 Å². The van der Waals surface area contributed by atoms with E-state index in [2.05, 4.69) is 5.32 Å². The third kappa shape index (κ3) is 7.44. The van der Waals surface area contributed by atoms with Crippen LogP contribution in [0.4, 0.5) is 4.39 Å². The van der Waals surface area contributed by atoms with E-state index in [1.165, 1.54) is 23.1 Å². The summed E-state index contributed by atoms with van der Waals surface area (Å²) in [4.78, 5) is 28.4. The molecule has 0 spiro atoms. The largest absolute Gasteiger partial charge is 0.354 e. The lowest BCUT2D eigenvalue weighted by Gasteiger charge is -2.32. The van der Waals surface area contributed by atoms with Gasteiger partial charge in [0.1, 0.15) is 11.9 Å². The van der Waals surface area contributed by atoms with E-state index in [4.69, 9.17) is 34.8 Å². The lowest BCUT2D eigenvalue weighted by Crippen LogP contribution is -2.51. The summed E-state index contributed by atoms with van der Waals surface area (Å²) in [5.41, 5.74) is 1.58. The molecule has 0 saturated heterocycles. The molecule has 8 heteroatoms.